The lowest BCUT2D eigenvalue weighted by atomic mass is 9.82. The summed E-state index contributed by atoms with van der Waals surface area (Å²) >= 11 is 0. The first-order valence-electron chi connectivity index (χ1n) is 6.75. The van der Waals surface area contributed by atoms with Crippen molar-refractivity contribution in [1.82, 2.24) is 0 Å². The van der Waals surface area contributed by atoms with Gasteiger partial charge in [0, 0.05) is 6.61 Å². The van der Waals surface area contributed by atoms with Crippen molar-refractivity contribution in [2.45, 2.75) is 52.9 Å². The van der Waals surface area contributed by atoms with Crippen LogP contribution in [0.2, 0.25) is 0 Å². The Labute approximate surface area is 111 Å². The maximum atomic E-state index is 10.3. The quantitative estimate of drug-likeness (QED) is 0.859. The molecule has 0 saturated carbocycles. The molecule has 0 radical (unpaired) electrons. The molecule has 1 aromatic rings. The first-order valence-corrected chi connectivity index (χ1v) is 6.75. The molecule has 0 spiro atoms. The molecular weight excluding hydrogens is 224 g/mol. The van der Waals surface area contributed by atoms with Crippen LogP contribution in [-0.4, -0.2) is 16.8 Å². The number of benzene rings is 1. The molecule has 0 heterocycles. The number of phenolic OH excluding ortho intramolecular Hbond substituents is 1. The maximum absolute atomic E-state index is 10.3. The minimum absolute atomic E-state index is 0.0630. The van der Waals surface area contributed by atoms with Crippen LogP contribution < -0.4 is 0 Å². The molecular formula is C16H26O2. The summed E-state index contributed by atoms with van der Waals surface area (Å²) in [5, 5.41) is 19.4. The van der Waals surface area contributed by atoms with E-state index in [0.717, 1.165) is 24.0 Å². The Morgan fingerprint density at radius 1 is 1.22 bits per heavy atom. The van der Waals surface area contributed by atoms with Crippen molar-refractivity contribution in [3.63, 3.8) is 0 Å². The van der Waals surface area contributed by atoms with Crippen LogP contribution in [0.25, 0.3) is 0 Å². The fourth-order valence-corrected chi connectivity index (χ4v) is 2.19. The first-order chi connectivity index (χ1) is 8.29. The van der Waals surface area contributed by atoms with Gasteiger partial charge in [0.15, 0.2) is 0 Å². The second-order valence-electron chi connectivity index (χ2n) is 6.25. The lowest BCUT2D eigenvalue weighted by molar-refractivity contribution is 0.237. The zero-order valence-electron chi connectivity index (χ0n) is 12.2. The Bertz CT molecular complexity index is 402. The molecule has 2 N–H and O–H groups in total. The molecule has 1 aromatic carbocycles. The SMILES string of the molecule is CCc1cc(CC(C)CO)cc(C(C)(C)C)c1O. The average molecular weight is 250 g/mol. The van der Waals surface area contributed by atoms with Gasteiger partial charge in [0.05, 0.1) is 0 Å². The molecule has 1 unspecified atom stereocenters. The van der Waals surface area contributed by atoms with Crippen molar-refractivity contribution < 1.29 is 10.2 Å². The predicted octanol–water partition coefficient (Wildman–Crippen LogP) is 3.42. The molecule has 102 valence electrons. The Hall–Kier alpha value is -1.02. The number of rotatable bonds is 4. The van der Waals surface area contributed by atoms with Gasteiger partial charge in [0.25, 0.3) is 0 Å². The van der Waals surface area contributed by atoms with E-state index in [1.165, 1.54) is 5.56 Å². The van der Waals surface area contributed by atoms with E-state index < -0.39 is 0 Å². The van der Waals surface area contributed by atoms with E-state index >= 15 is 0 Å². The molecule has 0 saturated heterocycles. The van der Waals surface area contributed by atoms with Crippen molar-refractivity contribution in [2.24, 2.45) is 5.92 Å². The summed E-state index contributed by atoms with van der Waals surface area (Å²) in [5.74, 6) is 0.692. The lowest BCUT2D eigenvalue weighted by Gasteiger charge is -2.23. The van der Waals surface area contributed by atoms with E-state index in [9.17, 15) is 5.11 Å². The summed E-state index contributed by atoms with van der Waals surface area (Å²) in [6.45, 7) is 10.6. The van der Waals surface area contributed by atoms with E-state index in [2.05, 4.69) is 39.8 Å². The highest BCUT2D eigenvalue weighted by Crippen LogP contribution is 2.35. The third-order valence-electron chi connectivity index (χ3n) is 3.33. The lowest BCUT2D eigenvalue weighted by Crippen LogP contribution is -2.14. The van der Waals surface area contributed by atoms with E-state index in [0.29, 0.717) is 5.75 Å². The molecule has 0 bridgehead atoms. The largest absolute Gasteiger partial charge is 0.507 e. The van der Waals surface area contributed by atoms with Gasteiger partial charge in [-0.3, -0.25) is 0 Å². The summed E-state index contributed by atoms with van der Waals surface area (Å²) in [7, 11) is 0. The van der Waals surface area contributed by atoms with Crippen LogP contribution in [0, 0.1) is 5.92 Å². The van der Waals surface area contributed by atoms with Gasteiger partial charge >= 0.3 is 0 Å². The highest BCUT2D eigenvalue weighted by molar-refractivity contribution is 5.47. The fourth-order valence-electron chi connectivity index (χ4n) is 2.19. The highest BCUT2D eigenvalue weighted by atomic mass is 16.3. The van der Waals surface area contributed by atoms with Crippen molar-refractivity contribution in [1.29, 1.82) is 0 Å². The number of hydrogen-bond donors (Lipinski definition) is 2. The third-order valence-corrected chi connectivity index (χ3v) is 3.33. The maximum Gasteiger partial charge on any atom is 0.122 e. The number of aliphatic hydroxyl groups is 1. The number of aryl methyl sites for hydroxylation is 1. The fraction of sp³-hybridized carbons (Fsp3) is 0.625. The Balaban J connectivity index is 3.22. The average Bonchev–Trinajstić information content (AvgIpc) is 2.29. The van der Waals surface area contributed by atoms with Crippen molar-refractivity contribution in [3.05, 3.63) is 28.8 Å². The van der Waals surface area contributed by atoms with Gasteiger partial charge in [0.1, 0.15) is 5.75 Å². The summed E-state index contributed by atoms with van der Waals surface area (Å²) in [5.41, 5.74) is 3.15. The minimum atomic E-state index is -0.0630. The summed E-state index contributed by atoms with van der Waals surface area (Å²) in [6, 6.07) is 4.15. The monoisotopic (exact) mass is 250 g/mol. The minimum Gasteiger partial charge on any atom is -0.507 e. The molecule has 1 atom stereocenters. The first kappa shape index (κ1) is 15.0. The van der Waals surface area contributed by atoms with Gasteiger partial charge in [-0.05, 0) is 40.9 Å². The number of aromatic hydroxyl groups is 1. The molecule has 0 fully saturated rings. The summed E-state index contributed by atoms with van der Waals surface area (Å²) in [6.07, 6.45) is 1.68. The molecule has 18 heavy (non-hydrogen) atoms. The predicted molar refractivity (Wildman–Crippen MR) is 76.1 cm³/mol. The Morgan fingerprint density at radius 3 is 2.28 bits per heavy atom. The Kier molecular flexibility index (Phi) is 4.80. The molecule has 0 aliphatic carbocycles. The molecule has 2 heteroatoms. The topological polar surface area (TPSA) is 40.5 Å². The Morgan fingerprint density at radius 2 is 1.83 bits per heavy atom. The molecule has 0 aliphatic heterocycles. The van der Waals surface area contributed by atoms with Crippen LogP contribution in [0.4, 0.5) is 0 Å². The van der Waals surface area contributed by atoms with E-state index in [1.54, 1.807) is 0 Å². The van der Waals surface area contributed by atoms with Gasteiger partial charge in [-0.2, -0.15) is 0 Å². The van der Waals surface area contributed by atoms with Gasteiger partial charge in [-0.1, -0.05) is 46.8 Å². The van der Waals surface area contributed by atoms with Crippen molar-refractivity contribution in [2.75, 3.05) is 6.61 Å². The molecule has 0 amide bonds. The van der Waals surface area contributed by atoms with Gasteiger partial charge < -0.3 is 10.2 Å². The van der Waals surface area contributed by atoms with E-state index in [4.69, 9.17) is 5.11 Å². The number of aliphatic hydroxyl groups excluding tert-OH is 1. The van der Waals surface area contributed by atoms with Crippen LogP contribution in [0.15, 0.2) is 12.1 Å². The second-order valence-corrected chi connectivity index (χ2v) is 6.25. The molecule has 1 rings (SSSR count). The van der Waals surface area contributed by atoms with Gasteiger partial charge in [0.2, 0.25) is 0 Å². The van der Waals surface area contributed by atoms with Gasteiger partial charge in [-0.15, -0.1) is 0 Å². The van der Waals surface area contributed by atoms with Crippen LogP contribution in [0.3, 0.4) is 0 Å². The van der Waals surface area contributed by atoms with E-state index in [-0.39, 0.29) is 17.9 Å². The number of phenols is 1. The van der Waals surface area contributed by atoms with Gasteiger partial charge in [-0.25, -0.2) is 0 Å². The van der Waals surface area contributed by atoms with Crippen LogP contribution in [0.5, 0.6) is 5.75 Å². The number of hydrogen-bond acceptors (Lipinski definition) is 2. The molecule has 0 aromatic heterocycles. The smallest absolute Gasteiger partial charge is 0.122 e. The summed E-state index contributed by atoms with van der Waals surface area (Å²) < 4.78 is 0. The summed E-state index contributed by atoms with van der Waals surface area (Å²) in [4.78, 5) is 0. The standard InChI is InChI=1S/C16H26O2/c1-6-13-8-12(7-11(2)10-17)9-14(15(13)18)16(3,4)5/h8-9,11,17-18H,6-7,10H2,1-5H3. The third kappa shape index (κ3) is 3.49. The highest BCUT2D eigenvalue weighted by Gasteiger charge is 2.21. The molecule has 0 aliphatic rings. The van der Waals surface area contributed by atoms with Crippen LogP contribution in [-0.2, 0) is 18.3 Å². The second kappa shape index (κ2) is 5.75. The zero-order chi connectivity index (χ0) is 13.9. The van der Waals surface area contributed by atoms with Crippen LogP contribution >= 0.6 is 0 Å². The van der Waals surface area contributed by atoms with E-state index in [1.807, 2.05) is 6.92 Å². The zero-order valence-corrected chi connectivity index (χ0v) is 12.2. The normalized spacial score (nSPS) is 13.7. The van der Waals surface area contributed by atoms with Crippen molar-refractivity contribution in [3.8, 4) is 5.75 Å². The molecule has 2 nitrogen and oxygen atoms in total. The van der Waals surface area contributed by atoms with Crippen LogP contribution in [0.1, 0.15) is 51.3 Å². The van der Waals surface area contributed by atoms with Crippen molar-refractivity contribution >= 4 is 0 Å².